The number of nitrogens with two attached hydrogens (primary N) is 1. The number of carbonyl (C=O) groups excluding carboxylic acids is 3. The van der Waals surface area contributed by atoms with Crippen LogP contribution in [0.4, 0.5) is 0 Å². The number of aromatic amines is 1. The number of aromatic nitrogens is 1. The van der Waals surface area contributed by atoms with Crippen molar-refractivity contribution in [3.05, 3.63) is 36.0 Å². The third-order valence-electron chi connectivity index (χ3n) is 7.30. The summed E-state index contributed by atoms with van der Waals surface area (Å²) in [4.78, 5) is 65.5. The van der Waals surface area contributed by atoms with Crippen LogP contribution in [0, 0.1) is 11.8 Å². The van der Waals surface area contributed by atoms with Crippen molar-refractivity contribution in [1.29, 1.82) is 0 Å². The van der Waals surface area contributed by atoms with E-state index in [1.54, 1.807) is 27.0 Å². The minimum Gasteiger partial charge on any atom is -0.481 e. The van der Waals surface area contributed by atoms with Gasteiger partial charge < -0.3 is 36.9 Å². The minimum atomic E-state index is -1.28. The number of hydrogen-bond acceptors (Lipinski definition) is 6. The molecule has 0 aliphatic carbocycles. The van der Waals surface area contributed by atoms with Crippen molar-refractivity contribution >= 4 is 40.6 Å². The van der Waals surface area contributed by atoms with E-state index in [1.165, 1.54) is 0 Å². The maximum atomic E-state index is 13.3. The van der Waals surface area contributed by atoms with Gasteiger partial charge in [-0.05, 0) is 36.3 Å². The van der Waals surface area contributed by atoms with Crippen LogP contribution in [0.5, 0.6) is 0 Å². The molecule has 0 saturated heterocycles. The Morgan fingerprint density at radius 3 is 2.08 bits per heavy atom. The summed E-state index contributed by atoms with van der Waals surface area (Å²) >= 11 is 0. The highest BCUT2D eigenvalue weighted by molar-refractivity contribution is 5.94. The van der Waals surface area contributed by atoms with Crippen molar-refractivity contribution < 1.29 is 34.2 Å². The third kappa shape index (κ3) is 8.80. The van der Waals surface area contributed by atoms with Crippen LogP contribution in [0.15, 0.2) is 30.5 Å². The summed E-state index contributed by atoms with van der Waals surface area (Å²) in [6.45, 7) is 7.05. The molecule has 0 saturated carbocycles. The zero-order chi connectivity index (χ0) is 30.0. The highest BCUT2D eigenvalue weighted by atomic mass is 16.4. The first kappa shape index (κ1) is 32.3. The van der Waals surface area contributed by atoms with Gasteiger partial charge in [-0.3, -0.25) is 19.2 Å². The quantitative estimate of drug-likeness (QED) is 0.160. The number of H-pyrrole nitrogens is 1. The van der Waals surface area contributed by atoms with E-state index in [4.69, 9.17) is 5.73 Å². The highest BCUT2D eigenvalue weighted by Gasteiger charge is 2.34. The van der Waals surface area contributed by atoms with E-state index >= 15 is 0 Å². The molecule has 8 N–H and O–H groups in total. The van der Waals surface area contributed by atoms with Gasteiger partial charge in [0, 0.05) is 23.5 Å². The summed E-state index contributed by atoms with van der Waals surface area (Å²) < 4.78 is 0. The number of fused-ring (bicyclic) bond motifs is 1. The maximum absolute atomic E-state index is 13.3. The molecule has 6 atom stereocenters. The van der Waals surface area contributed by atoms with Crippen molar-refractivity contribution in [2.24, 2.45) is 17.6 Å². The molecular weight excluding hydrogens is 518 g/mol. The molecule has 220 valence electrons. The predicted octanol–water partition coefficient (Wildman–Crippen LogP) is 1.53. The second kappa shape index (κ2) is 15.0. The summed E-state index contributed by atoms with van der Waals surface area (Å²) in [6, 6.07) is 2.97. The lowest BCUT2D eigenvalue weighted by Gasteiger charge is -2.29. The molecule has 0 bridgehead atoms. The third-order valence-corrected chi connectivity index (χ3v) is 7.30. The molecule has 2 aromatic rings. The van der Waals surface area contributed by atoms with E-state index in [0.29, 0.717) is 12.8 Å². The fraction of sp³-hybridized carbons (Fsp3) is 0.536. The van der Waals surface area contributed by atoms with Crippen LogP contribution in [0.1, 0.15) is 58.9 Å². The molecule has 6 unspecified atom stereocenters. The first-order valence-electron chi connectivity index (χ1n) is 13.6. The van der Waals surface area contributed by atoms with Crippen molar-refractivity contribution in [3.8, 4) is 0 Å². The SMILES string of the molecule is CCC(C)C(NC(=O)C(NC(=O)C(CCC(=O)O)NC(=O)C(N)Cc1c[nH]c2ccccc12)C(C)CC)C(=O)O. The van der Waals surface area contributed by atoms with Gasteiger partial charge in [-0.2, -0.15) is 0 Å². The van der Waals surface area contributed by atoms with Crippen LogP contribution in [0.25, 0.3) is 10.9 Å². The summed E-state index contributed by atoms with van der Waals surface area (Å²) in [5.74, 6) is -5.16. The first-order chi connectivity index (χ1) is 18.9. The van der Waals surface area contributed by atoms with Crippen LogP contribution in [0.3, 0.4) is 0 Å². The lowest BCUT2D eigenvalue weighted by atomic mass is 9.95. The Kier molecular flexibility index (Phi) is 12.1. The number of aliphatic carboxylic acids is 2. The maximum Gasteiger partial charge on any atom is 0.326 e. The van der Waals surface area contributed by atoms with E-state index in [1.807, 2.05) is 31.2 Å². The second-order valence-electron chi connectivity index (χ2n) is 10.2. The first-order valence-corrected chi connectivity index (χ1v) is 13.6. The Hall–Kier alpha value is -3.93. The van der Waals surface area contributed by atoms with Gasteiger partial charge in [-0.1, -0.05) is 58.7 Å². The Balaban J connectivity index is 2.18. The fourth-order valence-corrected chi connectivity index (χ4v) is 4.33. The number of para-hydroxylation sites is 1. The molecule has 12 heteroatoms. The molecule has 0 aliphatic heterocycles. The Morgan fingerprint density at radius 2 is 1.48 bits per heavy atom. The summed E-state index contributed by atoms with van der Waals surface area (Å²) in [5.41, 5.74) is 7.85. The molecule has 0 radical (unpaired) electrons. The zero-order valence-electron chi connectivity index (χ0n) is 23.4. The molecular formula is C28H41N5O7. The van der Waals surface area contributed by atoms with Crippen molar-refractivity contribution in [1.82, 2.24) is 20.9 Å². The molecule has 0 spiro atoms. The van der Waals surface area contributed by atoms with Crippen molar-refractivity contribution in [2.75, 3.05) is 0 Å². The van der Waals surface area contributed by atoms with Gasteiger partial charge in [0.2, 0.25) is 17.7 Å². The molecule has 2 rings (SSSR count). The number of carboxylic acid groups (broad SMARTS) is 2. The molecule has 1 aromatic carbocycles. The normalized spacial score (nSPS) is 15.7. The van der Waals surface area contributed by atoms with E-state index < -0.39 is 60.2 Å². The predicted molar refractivity (Wildman–Crippen MR) is 149 cm³/mol. The van der Waals surface area contributed by atoms with Crippen LogP contribution in [-0.2, 0) is 30.4 Å². The summed E-state index contributed by atoms with van der Waals surface area (Å²) in [6.07, 6.45) is 2.29. The minimum absolute atomic E-state index is 0.174. The number of rotatable bonds is 16. The number of nitrogens with one attached hydrogen (secondary N) is 4. The van der Waals surface area contributed by atoms with E-state index in [9.17, 15) is 34.2 Å². The van der Waals surface area contributed by atoms with Crippen molar-refractivity contribution in [3.63, 3.8) is 0 Å². The molecule has 3 amide bonds. The van der Waals surface area contributed by atoms with Gasteiger partial charge in [0.25, 0.3) is 0 Å². The number of carboxylic acids is 2. The van der Waals surface area contributed by atoms with Gasteiger partial charge in [0.05, 0.1) is 6.04 Å². The molecule has 0 fully saturated rings. The van der Waals surface area contributed by atoms with Gasteiger partial charge in [0.15, 0.2) is 0 Å². The van der Waals surface area contributed by atoms with Crippen molar-refractivity contribution in [2.45, 2.75) is 84.0 Å². The monoisotopic (exact) mass is 559 g/mol. The largest absolute Gasteiger partial charge is 0.481 e. The Labute approximate surface area is 233 Å². The van der Waals surface area contributed by atoms with Gasteiger partial charge in [-0.25, -0.2) is 4.79 Å². The summed E-state index contributed by atoms with van der Waals surface area (Å²) in [7, 11) is 0. The van der Waals surface area contributed by atoms with Gasteiger partial charge >= 0.3 is 11.9 Å². The van der Waals surface area contributed by atoms with Crippen LogP contribution < -0.4 is 21.7 Å². The topological polar surface area (TPSA) is 204 Å². The van der Waals surface area contributed by atoms with Gasteiger partial charge in [-0.15, -0.1) is 0 Å². The van der Waals surface area contributed by atoms with Crippen LogP contribution in [0.2, 0.25) is 0 Å². The number of amides is 3. The van der Waals surface area contributed by atoms with Gasteiger partial charge in [0.1, 0.15) is 18.1 Å². The molecule has 1 aromatic heterocycles. The number of carbonyl (C=O) groups is 5. The average Bonchev–Trinajstić information content (AvgIpc) is 3.33. The standard InChI is InChI=1S/C28H41N5O7/c1-5-15(3)23(27(38)33-24(28(39)40)16(4)6-2)32-26(37)21(11-12-22(34)35)31-25(36)19(29)13-17-14-30-20-10-8-7-9-18(17)20/h7-10,14-16,19,21,23-24,30H,5-6,11-13,29H2,1-4H3,(H,31,36)(H,32,37)(H,33,38)(H,34,35)(H,39,40). The molecule has 12 nitrogen and oxygen atoms in total. The smallest absolute Gasteiger partial charge is 0.326 e. The molecule has 40 heavy (non-hydrogen) atoms. The number of hydrogen-bond donors (Lipinski definition) is 7. The molecule has 1 heterocycles. The fourth-order valence-electron chi connectivity index (χ4n) is 4.33. The average molecular weight is 560 g/mol. The van der Waals surface area contributed by atoms with E-state index in [2.05, 4.69) is 20.9 Å². The lowest BCUT2D eigenvalue weighted by molar-refractivity contribution is -0.144. The lowest BCUT2D eigenvalue weighted by Crippen LogP contribution is -2.59. The number of benzene rings is 1. The second-order valence-corrected chi connectivity index (χ2v) is 10.2. The highest BCUT2D eigenvalue weighted by Crippen LogP contribution is 2.19. The van der Waals surface area contributed by atoms with Crippen LogP contribution >= 0.6 is 0 Å². The van der Waals surface area contributed by atoms with E-state index in [0.717, 1.165) is 16.5 Å². The molecule has 0 aliphatic rings. The van der Waals surface area contributed by atoms with E-state index in [-0.39, 0.29) is 24.7 Å². The summed E-state index contributed by atoms with van der Waals surface area (Å²) in [5, 5.41) is 27.3. The Morgan fingerprint density at radius 1 is 0.875 bits per heavy atom. The Bertz CT molecular complexity index is 1200. The zero-order valence-corrected chi connectivity index (χ0v) is 23.4. The van der Waals surface area contributed by atoms with Crippen LogP contribution in [-0.4, -0.2) is 69.0 Å².